The first-order chi connectivity index (χ1) is 13.9. The minimum atomic E-state index is -0.684. The molecule has 3 rings (SSSR count). The van der Waals surface area contributed by atoms with Crippen molar-refractivity contribution < 1.29 is 24.1 Å². The van der Waals surface area contributed by atoms with Gasteiger partial charge in [0.05, 0.1) is 12.3 Å². The van der Waals surface area contributed by atoms with Crippen LogP contribution in [0.15, 0.2) is 47.3 Å². The Morgan fingerprint density at radius 1 is 1.24 bits per heavy atom. The maximum absolute atomic E-state index is 13.9. The Bertz CT molecular complexity index is 1080. The van der Waals surface area contributed by atoms with E-state index in [4.69, 9.17) is 9.84 Å². The second-order valence-corrected chi connectivity index (χ2v) is 7.23. The van der Waals surface area contributed by atoms with Crippen LogP contribution in [-0.4, -0.2) is 38.9 Å². The molecule has 0 saturated carbocycles. The van der Waals surface area contributed by atoms with Crippen molar-refractivity contribution in [1.82, 2.24) is 9.55 Å². The smallest absolute Gasteiger partial charge is 0.329 e. The Balaban J connectivity index is 1.77. The molecule has 0 saturated heterocycles. The van der Waals surface area contributed by atoms with Crippen molar-refractivity contribution >= 4 is 34.2 Å². The summed E-state index contributed by atoms with van der Waals surface area (Å²) in [5.74, 6) is -1.17. The summed E-state index contributed by atoms with van der Waals surface area (Å²) in [5.41, 5.74) is -0.0655. The fourth-order valence-corrected chi connectivity index (χ4v) is 3.07. The van der Waals surface area contributed by atoms with Crippen LogP contribution in [0.4, 0.5) is 10.1 Å². The number of nitrogens with one attached hydrogen (secondary N) is 2. The normalized spacial score (nSPS) is 10.7. The highest BCUT2D eigenvalue weighted by Gasteiger charge is 2.18. The fraction of sp³-hybridized carbons (Fsp3) is 0.158. The molecule has 29 heavy (non-hydrogen) atoms. The van der Waals surface area contributed by atoms with Gasteiger partial charge in [-0.2, -0.15) is 0 Å². The summed E-state index contributed by atoms with van der Waals surface area (Å²) in [4.78, 5) is 26.9. The molecule has 0 radical (unpaired) electrons. The van der Waals surface area contributed by atoms with Gasteiger partial charge in [0.15, 0.2) is 0 Å². The van der Waals surface area contributed by atoms with Crippen LogP contribution < -0.4 is 15.7 Å². The van der Waals surface area contributed by atoms with Gasteiger partial charge >= 0.3 is 5.69 Å². The topological polar surface area (TPSA) is 117 Å². The molecule has 8 nitrogen and oxygen atoms in total. The van der Waals surface area contributed by atoms with Crippen LogP contribution >= 0.6 is 22.6 Å². The molecular weight excluding hydrogens is 496 g/mol. The van der Waals surface area contributed by atoms with Crippen molar-refractivity contribution in [3.8, 4) is 22.9 Å². The van der Waals surface area contributed by atoms with Crippen molar-refractivity contribution in [3.05, 3.63) is 62.3 Å². The average Bonchev–Trinajstić information content (AvgIpc) is 2.97. The minimum absolute atomic E-state index is 0.0165. The van der Waals surface area contributed by atoms with Gasteiger partial charge < -0.3 is 25.3 Å². The lowest BCUT2D eigenvalue weighted by Gasteiger charge is -2.08. The molecule has 0 fully saturated rings. The second-order valence-electron chi connectivity index (χ2n) is 5.98. The first-order valence-corrected chi connectivity index (χ1v) is 9.57. The van der Waals surface area contributed by atoms with Crippen LogP contribution in [0.3, 0.4) is 0 Å². The number of H-pyrrole nitrogens is 1. The van der Waals surface area contributed by atoms with Crippen molar-refractivity contribution in [3.63, 3.8) is 0 Å². The zero-order chi connectivity index (χ0) is 21.0. The number of hydrogen-bond acceptors (Lipinski definition) is 5. The van der Waals surface area contributed by atoms with E-state index in [1.165, 1.54) is 12.1 Å². The number of nitrogens with zero attached hydrogens (tertiary/aromatic N) is 1. The highest BCUT2D eigenvalue weighted by Crippen LogP contribution is 2.27. The molecule has 152 valence electrons. The van der Waals surface area contributed by atoms with E-state index in [9.17, 15) is 19.1 Å². The molecule has 1 aromatic heterocycles. The molecule has 1 amide bonds. The molecule has 0 aliphatic rings. The van der Waals surface area contributed by atoms with Crippen LogP contribution in [0, 0.1) is 9.39 Å². The average molecular weight is 513 g/mol. The van der Waals surface area contributed by atoms with Crippen LogP contribution in [0.1, 0.15) is 0 Å². The molecule has 0 bridgehead atoms. The first-order valence-electron chi connectivity index (χ1n) is 8.50. The van der Waals surface area contributed by atoms with Gasteiger partial charge in [0.25, 0.3) is 0 Å². The van der Waals surface area contributed by atoms with E-state index < -0.39 is 29.8 Å². The van der Waals surface area contributed by atoms with E-state index in [-0.39, 0.29) is 24.6 Å². The van der Waals surface area contributed by atoms with Gasteiger partial charge in [-0.05, 0) is 65.1 Å². The summed E-state index contributed by atoms with van der Waals surface area (Å²) < 4.78 is 20.7. The van der Waals surface area contributed by atoms with Crippen molar-refractivity contribution in [2.45, 2.75) is 6.54 Å². The highest BCUT2D eigenvalue weighted by molar-refractivity contribution is 14.1. The van der Waals surface area contributed by atoms with Gasteiger partial charge in [-0.15, -0.1) is 0 Å². The van der Waals surface area contributed by atoms with Crippen LogP contribution in [0.2, 0.25) is 0 Å². The lowest BCUT2D eigenvalue weighted by molar-refractivity contribution is -0.116. The fourth-order valence-electron chi connectivity index (χ4n) is 2.61. The number of anilines is 1. The van der Waals surface area contributed by atoms with Gasteiger partial charge in [-0.25, -0.2) is 9.18 Å². The third kappa shape index (κ3) is 4.95. The summed E-state index contributed by atoms with van der Waals surface area (Å²) in [6.07, 6.45) is 0. The Morgan fingerprint density at radius 3 is 2.62 bits per heavy atom. The molecule has 4 N–H and O–H groups in total. The number of aromatic amines is 1. The van der Waals surface area contributed by atoms with E-state index in [0.717, 1.165) is 4.57 Å². The third-order valence-corrected chi connectivity index (χ3v) is 4.64. The van der Waals surface area contributed by atoms with E-state index in [0.29, 0.717) is 14.9 Å². The highest BCUT2D eigenvalue weighted by atomic mass is 127. The monoisotopic (exact) mass is 513 g/mol. The number of benzene rings is 2. The van der Waals surface area contributed by atoms with E-state index in [1.54, 1.807) is 30.3 Å². The predicted octanol–water partition coefficient (Wildman–Crippen LogP) is 2.30. The number of imidazole rings is 1. The zero-order valence-electron chi connectivity index (χ0n) is 15.0. The van der Waals surface area contributed by atoms with Crippen LogP contribution in [0.5, 0.6) is 11.6 Å². The minimum Gasteiger partial charge on any atom is -0.493 e. The number of halogens is 2. The first kappa shape index (κ1) is 20.9. The standard InChI is InChI=1S/C19H17FIN3O5/c20-14-9-12(21)3-6-15(14)22-16(26)10-24-18(27)17(23-19(24)28)11-1-4-13(5-2-11)29-8-7-25/h1-6,9,25,27H,7-8,10H2,(H,22,26)(H,23,28). The second kappa shape index (κ2) is 9.09. The van der Waals surface area contributed by atoms with Crippen molar-refractivity contribution in [2.24, 2.45) is 0 Å². The Labute approximate surface area is 178 Å². The molecular formula is C19H17FIN3O5. The number of aliphatic hydroxyl groups excluding tert-OH is 1. The number of rotatable bonds is 7. The molecule has 0 atom stereocenters. The number of hydrogen-bond donors (Lipinski definition) is 4. The number of aromatic nitrogens is 2. The summed E-state index contributed by atoms with van der Waals surface area (Å²) in [6.45, 7) is -0.467. The number of amides is 1. The summed E-state index contributed by atoms with van der Waals surface area (Å²) in [7, 11) is 0. The number of aliphatic hydroxyl groups is 1. The largest absolute Gasteiger partial charge is 0.493 e. The summed E-state index contributed by atoms with van der Waals surface area (Å²) in [5, 5.41) is 21.5. The van der Waals surface area contributed by atoms with Gasteiger partial charge in [0, 0.05) is 9.13 Å². The van der Waals surface area contributed by atoms with Gasteiger partial charge in [0.2, 0.25) is 11.8 Å². The molecule has 1 heterocycles. The molecule has 0 spiro atoms. The van der Waals surface area contributed by atoms with Crippen LogP contribution in [0.25, 0.3) is 11.3 Å². The number of carbonyl (C=O) groups is 1. The molecule has 2 aromatic carbocycles. The molecule has 0 aliphatic heterocycles. The van der Waals surface area contributed by atoms with Gasteiger partial charge in [0.1, 0.15) is 30.4 Å². The van der Waals surface area contributed by atoms with Crippen molar-refractivity contribution in [1.29, 1.82) is 0 Å². The van der Waals surface area contributed by atoms with Crippen LogP contribution in [-0.2, 0) is 11.3 Å². The quantitative estimate of drug-likeness (QED) is 0.362. The number of carbonyl (C=O) groups excluding carboxylic acids is 1. The van der Waals surface area contributed by atoms with E-state index in [2.05, 4.69) is 10.3 Å². The maximum atomic E-state index is 13.9. The molecule has 10 heteroatoms. The van der Waals surface area contributed by atoms with E-state index >= 15 is 0 Å². The lowest BCUT2D eigenvalue weighted by atomic mass is 10.1. The molecule has 0 aliphatic carbocycles. The molecule has 0 unspecified atom stereocenters. The maximum Gasteiger partial charge on any atom is 0.329 e. The number of ether oxygens (including phenoxy) is 1. The Hall–Kier alpha value is -2.86. The summed E-state index contributed by atoms with van der Waals surface area (Å²) in [6, 6.07) is 10.8. The molecule has 3 aromatic rings. The zero-order valence-corrected chi connectivity index (χ0v) is 17.1. The van der Waals surface area contributed by atoms with E-state index in [1.807, 2.05) is 22.6 Å². The SMILES string of the molecule is O=C(Cn1c(O)c(-c2ccc(OCCO)cc2)[nH]c1=O)Nc1ccc(I)cc1F. The lowest BCUT2D eigenvalue weighted by Crippen LogP contribution is -2.26. The number of aromatic hydroxyl groups is 1. The predicted molar refractivity (Wildman–Crippen MR) is 112 cm³/mol. The van der Waals surface area contributed by atoms with Gasteiger partial charge in [-0.1, -0.05) is 0 Å². The Kier molecular flexibility index (Phi) is 6.54. The van der Waals surface area contributed by atoms with Gasteiger partial charge in [-0.3, -0.25) is 9.36 Å². The summed E-state index contributed by atoms with van der Waals surface area (Å²) >= 11 is 1.95. The third-order valence-electron chi connectivity index (χ3n) is 3.97. The van der Waals surface area contributed by atoms with Crippen molar-refractivity contribution in [2.75, 3.05) is 18.5 Å². The Morgan fingerprint density at radius 2 is 1.97 bits per heavy atom.